The van der Waals surface area contributed by atoms with Gasteiger partial charge in [0.25, 0.3) is 0 Å². The molecule has 0 aromatic carbocycles. The van der Waals surface area contributed by atoms with Gasteiger partial charge < -0.3 is 19.5 Å². The highest BCUT2D eigenvalue weighted by Gasteiger charge is 2.18. The third kappa shape index (κ3) is 6.10. The fraction of sp³-hybridized carbons (Fsp3) is 1.00. The van der Waals surface area contributed by atoms with Crippen LogP contribution in [-0.2, 0) is 14.2 Å². The number of hydrogen-bond acceptors (Lipinski definition) is 4. The van der Waals surface area contributed by atoms with E-state index >= 15 is 0 Å². The van der Waals surface area contributed by atoms with Gasteiger partial charge in [-0.1, -0.05) is 0 Å². The standard InChI is InChI=1S/C11H23NO3/c1-10-9-11(3-4-12-10)15-8-7-14-6-5-13-2/h10-12H,3-9H2,1-2H3. The lowest BCUT2D eigenvalue weighted by Crippen LogP contribution is -2.39. The largest absolute Gasteiger partial charge is 0.382 e. The summed E-state index contributed by atoms with van der Waals surface area (Å²) in [6, 6.07) is 0.582. The zero-order valence-electron chi connectivity index (χ0n) is 9.83. The monoisotopic (exact) mass is 217 g/mol. The summed E-state index contributed by atoms with van der Waals surface area (Å²) >= 11 is 0. The first kappa shape index (κ1) is 12.9. The van der Waals surface area contributed by atoms with E-state index in [2.05, 4.69) is 12.2 Å². The van der Waals surface area contributed by atoms with Gasteiger partial charge in [0.2, 0.25) is 0 Å². The lowest BCUT2D eigenvalue weighted by atomic mass is 10.0. The summed E-state index contributed by atoms with van der Waals surface area (Å²) in [5.41, 5.74) is 0. The molecule has 90 valence electrons. The highest BCUT2D eigenvalue weighted by atomic mass is 16.5. The summed E-state index contributed by atoms with van der Waals surface area (Å²) in [5.74, 6) is 0. The smallest absolute Gasteiger partial charge is 0.0704 e. The second kappa shape index (κ2) is 8.05. The Hall–Kier alpha value is -0.160. The molecule has 0 amide bonds. The van der Waals surface area contributed by atoms with Crippen LogP contribution < -0.4 is 5.32 Å². The fourth-order valence-corrected chi connectivity index (χ4v) is 1.76. The van der Waals surface area contributed by atoms with Gasteiger partial charge in [-0.15, -0.1) is 0 Å². The lowest BCUT2D eigenvalue weighted by molar-refractivity contribution is -0.0204. The Labute approximate surface area is 92.3 Å². The molecular formula is C11H23NO3. The number of methoxy groups -OCH3 is 1. The second-order valence-corrected chi connectivity index (χ2v) is 3.98. The van der Waals surface area contributed by atoms with E-state index in [9.17, 15) is 0 Å². The van der Waals surface area contributed by atoms with Gasteiger partial charge >= 0.3 is 0 Å². The van der Waals surface area contributed by atoms with Crippen molar-refractivity contribution in [3.63, 3.8) is 0 Å². The van der Waals surface area contributed by atoms with Crippen LogP contribution in [0.5, 0.6) is 0 Å². The van der Waals surface area contributed by atoms with Crippen LogP contribution in [0.1, 0.15) is 19.8 Å². The molecule has 1 saturated heterocycles. The molecule has 4 nitrogen and oxygen atoms in total. The van der Waals surface area contributed by atoms with Gasteiger partial charge in [0.05, 0.1) is 32.5 Å². The van der Waals surface area contributed by atoms with Crippen molar-refractivity contribution < 1.29 is 14.2 Å². The van der Waals surface area contributed by atoms with Crippen molar-refractivity contribution in [2.45, 2.75) is 31.9 Å². The SMILES string of the molecule is COCCOCCOC1CCNC(C)C1. The summed E-state index contributed by atoms with van der Waals surface area (Å²) < 4.78 is 15.9. The van der Waals surface area contributed by atoms with E-state index in [0.717, 1.165) is 19.4 Å². The van der Waals surface area contributed by atoms with Crippen LogP contribution in [-0.4, -0.2) is 52.2 Å². The number of nitrogens with one attached hydrogen (secondary N) is 1. The van der Waals surface area contributed by atoms with Crippen LogP contribution in [0.4, 0.5) is 0 Å². The molecule has 15 heavy (non-hydrogen) atoms. The van der Waals surface area contributed by atoms with Gasteiger partial charge in [-0.25, -0.2) is 0 Å². The van der Waals surface area contributed by atoms with Crippen LogP contribution in [0.2, 0.25) is 0 Å². The third-order valence-electron chi connectivity index (χ3n) is 2.59. The molecule has 0 saturated carbocycles. The molecule has 2 atom stereocenters. The van der Waals surface area contributed by atoms with E-state index in [-0.39, 0.29) is 0 Å². The molecule has 1 N–H and O–H groups in total. The van der Waals surface area contributed by atoms with Gasteiger partial charge in [-0.05, 0) is 26.3 Å². The van der Waals surface area contributed by atoms with E-state index in [1.165, 1.54) is 0 Å². The first-order valence-electron chi connectivity index (χ1n) is 5.74. The normalized spacial score (nSPS) is 26.8. The Morgan fingerprint density at radius 1 is 1.20 bits per heavy atom. The topological polar surface area (TPSA) is 39.7 Å². The summed E-state index contributed by atoms with van der Waals surface area (Å²) in [5, 5.41) is 3.40. The first-order chi connectivity index (χ1) is 7.33. The van der Waals surface area contributed by atoms with E-state index in [0.29, 0.717) is 38.6 Å². The molecule has 1 rings (SSSR count). The van der Waals surface area contributed by atoms with Crippen LogP contribution in [0, 0.1) is 0 Å². The minimum absolute atomic E-state index is 0.410. The van der Waals surface area contributed by atoms with Crippen molar-refractivity contribution in [3.05, 3.63) is 0 Å². The van der Waals surface area contributed by atoms with Crippen LogP contribution >= 0.6 is 0 Å². The van der Waals surface area contributed by atoms with Crippen molar-refractivity contribution in [2.75, 3.05) is 40.1 Å². The number of ether oxygens (including phenoxy) is 3. The molecule has 4 heteroatoms. The Morgan fingerprint density at radius 3 is 2.73 bits per heavy atom. The lowest BCUT2D eigenvalue weighted by Gasteiger charge is -2.27. The highest BCUT2D eigenvalue weighted by Crippen LogP contribution is 2.11. The molecule has 1 aliphatic rings. The van der Waals surface area contributed by atoms with Crippen molar-refractivity contribution in [3.8, 4) is 0 Å². The van der Waals surface area contributed by atoms with Gasteiger partial charge in [-0.3, -0.25) is 0 Å². The quantitative estimate of drug-likeness (QED) is 0.641. The number of rotatable bonds is 7. The third-order valence-corrected chi connectivity index (χ3v) is 2.59. The number of hydrogen-bond donors (Lipinski definition) is 1. The Morgan fingerprint density at radius 2 is 2.00 bits per heavy atom. The van der Waals surface area contributed by atoms with Crippen LogP contribution in [0.25, 0.3) is 0 Å². The van der Waals surface area contributed by atoms with E-state index < -0.39 is 0 Å². The molecule has 0 spiro atoms. The maximum absolute atomic E-state index is 5.73. The van der Waals surface area contributed by atoms with Crippen LogP contribution in [0.3, 0.4) is 0 Å². The zero-order chi connectivity index (χ0) is 10.9. The van der Waals surface area contributed by atoms with Gasteiger partial charge in [-0.2, -0.15) is 0 Å². The molecule has 2 unspecified atom stereocenters. The van der Waals surface area contributed by atoms with Gasteiger partial charge in [0.1, 0.15) is 0 Å². The summed E-state index contributed by atoms with van der Waals surface area (Å²) in [4.78, 5) is 0. The van der Waals surface area contributed by atoms with Crippen molar-refractivity contribution in [1.82, 2.24) is 5.32 Å². The summed E-state index contributed by atoms with van der Waals surface area (Å²) in [6.45, 7) is 5.94. The van der Waals surface area contributed by atoms with Crippen LogP contribution in [0.15, 0.2) is 0 Å². The summed E-state index contributed by atoms with van der Waals surface area (Å²) in [6.07, 6.45) is 2.63. The molecule has 0 aromatic heterocycles. The first-order valence-corrected chi connectivity index (χ1v) is 5.74. The molecule has 1 aliphatic heterocycles. The van der Waals surface area contributed by atoms with Crippen molar-refractivity contribution in [2.24, 2.45) is 0 Å². The van der Waals surface area contributed by atoms with Gasteiger partial charge in [0.15, 0.2) is 0 Å². The Bertz CT molecular complexity index is 155. The Kier molecular flexibility index (Phi) is 6.92. The van der Waals surface area contributed by atoms with E-state index in [4.69, 9.17) is 14.2 Å². The predicted molar refractivity (Wildman–Crippen MR) is 59.1 cm³/mol. The zero-order valence-corrected chi connectivity index (χ0v) is 9.83. The average molecular weight is 217 g/mol. The molecule has 1 heterocycles. The maximum atomic E-state index is 5.73. The van der Waals surface area contributed by atoms with Crippen molar-refractivity contribution >= 4 is 0 Å². The fourth-order valence-electron chi connectivity index (χ4n) is 1.76. The number of piperidine rings is 1. The molecule has 0 radical (unpaired) electrons. The van der Waals surface area contributed by atoms with E-state index in [1.54, 1.807) is 7.11 Å². The van der Waals surface area contributed by atoms with Gasteiger partial charge in [0, 0.05) is 13.2 Å². The molecular weight excluding hydrogens is 194 g/mol. The minimum Gasteiger partial charge on any atom is -0.382 e. The summed E-state index contributed by atoms with van der Waals surface area (Å²) in [7, 11) is 1.68. The second-order valence-electron chi connectivity index (χ2n) is 3.98. The molecule has 1 fully saturated rings. The molecule has 0 aliphatic carbocycles. The molecule has 0 bridgehead atoms. The Balaban J connectivity index is 1.90. The van der Waals surface area contributed by atoms with E-state index in [1.807, 2.05) is 0 Å². The van der Waals surface area contributed by atoms with Crippen molar-refractivity contribution in [1.29, 1.82) is 0 Å². The minimum atomic E-state index is 0.410. The highest BCUT2D eigenvalue weighted by molar-refractivity contribution is 4.75. The predicted octanol–water partition coefficient (Wildman–Crippen LogP) is 0.806. The molecule has 0 aromatic rings. The maximum Gasteiger partial charge on any atom is 0.0704 e. The average Bonchev–Trinajstić information content (AvgIpc) is 2.23.